The largest absolute Gasteiger partial charge is 0.507 e. The van der Waals surface area contributed by atoms with Gasteiger partial charge in [0.05, 0.1) is 53.5 Å². The van der Waals surface area contributed by atoms with Crippen molar-refractivity contribution in [1.82, 2.24) is 0 Å². The first-order chi connectivity index (χ1) is 27.2. The van der Waals surface area contributed by atoms with Gasteiger partial charge in [-0.1, -0.05) is 12.1 Å². The number of hydrogen-bond donors (Lipinski definition) is 12. The van der Waals surface area contributed by atoms with E-state index >= 15 is 0 Å². The summed E-state index contributed by atoms with van der Waals surface area (Å²) >= 11 is 0.371. The summed E-state index contributed by atoms with van der Waals surface area (Å²) in [7, 11) is 0. The van der Waals surface area contributed by atoms with Gasteiger partial charge in [-0.2, -0.15) is 0 Å². The van der Waals surface area contributed by atoms with Crippen molar-refractivity contribution < 1.29 is 99.3 Å². The Kier molecular flexibility index (Phi) is 11.6. The van der Waals surface area contributed by atoms with E-state index in [-0.39, 0.29) is 12.8 Å². The van der Waals surface area contributed by atoms with Crippen LogP contribution in [-0.2, 0) is 28.5 Å². The zero-order chi connectivity index (χ0) is 42.4. The molecule has 1 aromatic carbocycles. The Morgan fingerprint density at radius 3 is 2.10 bits per heavy atom. The predicted molar refractivity (Wildman–Crippen MR) is 190 cm³/mol. The van der Waals surface area contributed by atoms with Gasteiger partial charge in [0, 0.05) is 28.9 Å². The van der Waals surface area contributed by atoms with Crippen molar-refractivity contribution in [2.45, 2.75) is 135 Å². The van der Waals surface area contributed by atoms with Crippen LogP contribution < -0.4 is 0 Å². The fourth-order valence-corrected chi connectivity index (χ4v) is 9.97. The third kappa shape index (κ3) is 6.61. The molecular weight excluding hydrogens is 796 g/mol. The molecule has 20 nitrogen and oxygen atoms in total. The summed E-state index contributed by atoms with van der Waals surface area (Å²) in [6, 6.07) is 3.57. The minimum absolute atomic E-state index is 0.0359. The SMILES string of the molecule is C[C@@H]1O[C@@H](OC23C(=O)C(O)C(C)(O)CC2(O)C(S[C@H]2[C@@H](O[C@H]4O[C@H](CO)[C@@H](O)[C@H](O)[C@H]4O)O[C@H](CO)[C@@H](O)[C@@H]2O)=CC2=C3C(=O)c3cccc(O)c3C2=O)CC[C@@H]1O. The molecular formula is C37H46O20S. The number of phenols is 1. The number of ketones is 3. The number of thioether (sulfide) groups is 1. The Bertz CT molecular complexity index is 1880. The molecule has 4 fully saturated rings. The van der Waals surface area contributed by atoms with E-state index in [0.29, 0.717) is 11.8 Å². The van der Waals surface area contributed by atoms with Gasteiger partial charge in [-0.05, 0) is 32.4 Å². The van der Waals surface area contributed by atoms with Crippen molar-refractivity contribution in [3.63, 3.8) is 0 Å². The van der Waals surface area contributed by atoms with Crippen LogP contribution in [0.1, 0.15) is 53.8 Å². The predicted octanol–water partition coefficient (Wildman–Crippen LogP) is -4.22. The smallest absolute Gasteiger partial charge is 0.204 e. The fraction of sp³-hybridized carbons (Fsp3) is 0.649. The van der Waals surface area contributed by atoms with E-state index < -0.39 is 172 Å². The Hall–Kier alpha value is -2.78. The molecule has 0 radical (unpaired) electrons. The number of benzene rings is 1. The molecule has 6 aliphatic rings. The zero-order valence-electron chi connectivity index (χ0n) is 31.0. The molecule has 7 rings (SSSR count). The highest BCUT2D eigenvalue weighted by molar-refractivity contribution is 8.03. The van der Waals surface area contributed by atoms with E-state index in [1.165, 1.54) is 19.1 Å². The molecule has 0 aromatic heterocycles. The Balaban J connectivity index is 1.41. The van der Waals surface area contributed by atoms with Gasteiger partial charge in [-0.3, -0.25) is 14.4 Å². The van der Waals surface area contributed by atoms with Gasteiger partial charge in [0.1, 0.15) is 54.1 Å². The summed E-state index contributed by atoms with van der Waals surface area (Å²) in [5, 5.41) is 130. The number of Topliss-reactive ketones (excluding diaryl/α,β-unsaturated/α-hetero) is 3. The lowest BCUT2D eigenvalue weighted by Gasteiger charge is -2.58. The Labute approximate surface area is 333 Å². The highest BCUT2D eigenvalue weighted by Gasteiger charge is 2.74. The molecule has 21 heteroatoms. The van der Waals surface area contributed by atoms with Crippen molar-refractivity contribution in [3.8, 4) is 5.75 Å². The molecule has 1 aromatic rings. The number of aliphatic hydroxyl groups is 11. The van der Waals surface area contributed by atoms with Crippen molar-refractivity contribution >= 4 is 29.1 Å². The maximum atomic E-state index is 14.9. The van der Waals surface area contributed by atoms with Crippen LogP contribution in [0.25, 0.3) is 0 Å². The van der Waals surface area contributed by atoms with Gasteiger partial charge in [0.25, 0.3) is 0 Å². The number of fused-ring (bicyclic) bond motifs is 3. The highest BCUT2D eigenvalue weighted by atomic mass is 32.2. The molecule has 0 spiro atoms. The fourth-order valence-electron chi connectivity index (χ4n) is 8.54. The number of aliphatic hydroxyl groups excluding tert-OH is 9. The lowest BCUT2D eigenvalue weighted by molar-refractivity contribution is -0.356. The van der Waals surface area contributed by atoms with Gasteiger partial charge >= 0.3 is 0 Å². The number of rotatable bonds is 8. The maximum Gasteiger partial charge on any atom is 0.204 e. The number of allylic oxidation sites excluding steroid dienone is 2. The van der Waals surface area contributed by atoms with Crippen molar-refractivity contribution in [3.05, 3.63) is 51.5 Å². The molecule has 3 heterocycles. The van der Waals surface area contributed by atoms with Crippen LogP contribution in [0.3, 0.4) is 0 Å². The van der Waals surface area contributed by atoms with Crippen LogP contribution in [-0.4, -0.2) is 194 Å². The van der Waals surface area contributed by atoms with Crippen LogP contribution in [0.2, 0.25) is 0 Å². The average Bonchev–Trinajstić information content (AvgIpc) is 3.18. The number of phenolic OH excluding ortho intramolecular Hbond substituents is 1. The Morgan fingerprint density at radius 2 is 1.47 bits per heavy atom. The quantitative estimate of drug-likeness (QED) is 0.118. The Morgan fingerprint density at radius 1 is 0.828 bits per heavy atom. The van der Waals surface area contributed by atoms with Crippen molar-refractivity contribution in [1.29, 1.82) is 0 Å². The summed E-state index contributed by atoms with van der Waals surface area (Å²) < 4.78 is 29.3. The first kappa shape index (κ1) is 43.3. The molecule has 3 aliphatic carbocycles. The number of aromatic hydroxyl groups is 1. The molecule has 17 atom stereocenters. The molecule has 4 unspecified atom stereocenters. The van der Waals surface area contributed by atoms with Crippen LogP contribution in [0.4, 0.5) is 0 Å². The van der Waals surface area contributed by atoms with Gasteiger partial charge < -0.3 is 85.0 Å². The lowest BCUT2D eigenvalue weighted by atomic mass is 9.56. The summed E-state index contributed by atoms with van der Waals surface area (Å²) in [5.41, 5.74) is -10.9. The molecule has 3 aliphatic heterocycles. The normalized spacial score (nSPS) is 45.7. The van der Waals surface area contributed by atoms with Gasteiger partial charge in [-0.25, -0.2) is 0 Å². The number of hydrogen-bond acceptors (Lipinski definition) is 21. The highest BCUT2D eigenvalue weighted by Crippen LogP contribution is 2.59. The van der Waals surface area contributed by atoms with Crippen molar-refractivity contribution in [2.24, 2.45) is 0 Å². The van der Waals surface area contributed by atoms with Crippen LogP contribution in [0, 0.1) is 0 Å². The average molecular weight is 843 g/mol. The van der Waals surface area contributed by atoms with Crippen molar-refractivity contribution in [2.75, 3.05) is 13.2 Å². The first-order valence-electron chi connectivity index (χ1n) is 18.6. The van der Waals surface area contributed by atoms with Crippen LogP contribution in [0.5, 0.6) is 5.75 Å². The monoisotopic (exact) mass is 842 g/mol. The topological polar surface area (TPSA) is 340 Å². The second kappa shape index (κ2) is 15.6. The summed E-state index contributed by atoms with van der Waals surface area (Å²) in [6.45, 7) is 0.730. The second-order valence-electron chi connectivity index (χ2n) is 15.7. The number of carbonyl (C=O) groups excluding carboxylic acids is 3. The van der Waals surface area contributed by atoms with E-state index in [2.05, 4.69) is 0 Å². The van der Waals surface area contributed by atoms with Gasteiger partial charge in [0.2, 0.25) is 5.78 Å². The molecule has 58 heavy (non-hydrogen) atoms. The molecule has 320 valence electrons. The minimum Gasteiger partial charge on any atom is -0.507 e. The summed E-state index contributed by atoms with van der Waals surface area (Å²) in [6.07, 6.45) is -22.5. The van der Waals surface area contributed by atoms with E-state index in [4.69, 9.17) is 23.7 Å². The molecule has 3 saturated heterocycles. The van der Waals surface area contributed by atoms with E-state index in [1.807, 2.05) is 0 Å². The number of ether oxygens (including phenoxy) is 5. The van der Waals surface area contributed by atoms with Crippen LogP contribution in [0.15, 0.2) is 40.3 Å². The molecule has 0 amide bonds. The van der Waals surface area contributed by atoms with Crippen LogP contribution >= 0.6 is 11.8 Å². The summed E-state index contributed by atoms with van der Waals surface area (Å²) in [4.78, 5) is 43.4. The third-order valence-corrected chi connectivity index (χ3v) is 13.3. The standard InChI is InChI=1S/C37H46O20S/c1-12-15(40)6-7-20(53-12)57-37-22-14(23(42)21-13(24(22)43)4-3-5-16(21)41)8-19(36(37,52)11-35(2,51)31(49)32(37)50)58-30-28(47)26(45)18(10-39)55-34(30)56-33-29(48)27(46)25(44)17(9-38)54-33/h3-5,8,12,15,17-18,20,25-31,33-34,38-41,44-49,51-52H,6-7,9-11H2,1-2H3/t12-,15-,17+,18+,20-,25+,26+,27-,28-,29+,30+,31?,33+,34+,35?,36?,37?/m0/s1. The van der Waals surface area contributed by atoms with Gasteiger partial charge in [0.15, 0.2) is 36.0 Å². The minimum atomic E-state index is -3.11. The second-order valence-corrected chi connectivity index (χ2v) is 16.9. The molecule has 0 bridgehead atoms. The maximum absolute atomic E-state index is 14.9. The third-order valence-electron chi connectivity index (χ3n) is 11.8. The van der Waals surface area contributed by atoms with E-state index in [1.54, 1.807) is 0 Å². The summed E-state index contributed by atoms with van der Waals surface area (Å²) in [5.74, 6) is -4.25. The zero-order valence-corrected chi connectivity index (χ0v) is 31.8. The molecule has 1 saturated carbocycles. The van der Waals surface area contributed by atoms with E-state index in [9.17, 15) is 75.7 Å². The van der Waals surface area contributed by atoms with Gasteiger partial charge in [-0.15, -0.1) is 11.8 Å². The lowest BCUT2D eigenvalue weighted by Crippen LogP contribution is -2.77. The van der Waals surface area contributed by atoms with E-state index in [0.717, 1.165) is 19.1 Å². The molecule has 12 N–H and O–H groups in total. The first-order valence-corrected chi connectivity index (χ1v) is 19.4. The number of carbonyl (C=O) groups is 3.